The van der Waals surface area contributed by atoms with Crippen LogP contribution < -0.4 is 20.7 Å². The van der Waals surface area contributed by atoms with Crippen LogP contribution in [-0.2, 0) is 0 Å². The highest BCUT2D eigenvalue weighted by Crippen LogP contribution is 2.37. The van der Waals surface area contributed by atoms with Gasteiger partial charge in [-0.1, -0.05) is 12.1 Å². The maximum absolute atomic E-state index is 12.6. The van der Waals surface area contributed by atoms with Crippen LogP contribution in [0, 0.1) is 0 Å². The van der Waals surface area contributed by atoms with Gasteiger partial charge >= 0.3 is 5.69 Å². The lowest BCUT2D eigenvalue weighted by Gasteiger charge is -2.16. The number of aromatic amines is 1. The van der Waals surface area contributed by atoms with Gasteiger partial charge in [-0.15, -0.1) is 4.68 Å². The van der Waals surface area contributed by atoms with Crippen LogP contribution in [0.4, 0.5) is 0 Å². The molecule has 3 aromatic rings. The van der Waals surface area contributed by atoms with Crippen LogP contribution in [0.1, 0.15) is 26.3 Å². The summed E-state index contributed by atoms with van der Waals surface area (Å²) in [5.41, 5.74) is 0.0228. The molecule has 0 aliphatic rings. The Hall–Kier alpha value is -2.87. The minimum absolute atomic E-state index is 0.0234. The van der Waals surface area contributed by atoms with Crippen molar-refractivity contribution in [3.63, 3.8) is 0 Å². The Balaban J connectivity index is 2.04. The van der Waals surface area contributed by atoms with Gasteiger partial charge in [-0.25, -0.2) is 4.79 Å². The molecule has 0 radical (unpaired) electrons. The average Bonchev–Trinajstić information content (AvgIpc) is 2.64. The molecule has 0 unspecified atom stereocenters. The second kappa shape index (κ2) is 8.43. The van der Waals surface area contributed by atoms with Crippen molar-refractivity contribution >= 4 is 33.0 Å². The first-order valence-electron chi connectivity index (χ1n) is 8.82. The first-order valence-corrected chi connectivity index (χ1v) is 9.61. The molecular weight excluding hydrogens is 426 g/mol. The Morgan fingerprint density at radius 1 is 1.25 bits per heavy atom. The highest BCUT2D eigenvalue weighted by Gasteiger charge is 2.13. The van der Waals surface area contributed by atoms with Crippen molar-refractivity contribution < 1.29 is 9.47 Å². The second-order valence-electron chi connectivity index (χ2n) is 6.27. The van der Waals surface area contributed by atoms with Gasteiger partial charge in [-0.3, -0.25) is 4.79 Å². The monoisotopic (exact) mass is 445 g/mol. The molecule has 1 aromatic heterocycles. The Morgan fingerprint density at radius 2 is 2.00 bits per heavy atom. The van der Waals surface area contributed by atoms with Crippen LogP contribution in [0.25, 0.3) is 10.9 Å². The summed E-state index contributed by atoms with van der Waals surface area (Å²) in [4.78, 5) is 27.4. The van der Waals surface area contributed by atoms with Gasteiger partial charge in [0, 0.05) is 0 Å². The van der Waals surface area contributed by atoms with Crippen molar-refractivity contribution in [2.45, 2.75) is 26.9 Å². The smallest absolute Gasteiger partial charge is 0.349 e. The van der Waals surface area contributed by atoms with Gasteiger partial charge in [-0.2, -0.15) is 5.10 Å². The number of nitrogens with zero attached hydrogens (tertiary/aromatic N) is 2. The summed E-state index contributed by atoms with van der Waals surface area (Å²) in [6, 6.07) is 10.3. The lowest BCUT2D eigenvalue weighted by atomic mass is 10.2. The van der Waals surface area contributed by atoms with Crippen LogP contribution in [0.15, 0.2) is 55.6 Å². The third kappa shape index (κ3) is 4.17. The topological polar surface area (TPSA) is 85.7 Å². The minimum atomic E-state index is -0.608. The van der Waals surface area contributed by atoms with Gasteiger partial charge in [0.1, 0.15) is 0 Å². The van der Waals surface area contributed by atoms with Crippen LogP contribution in [0.3, 0.4) is 0 Å². The normalized spacial score (nSPS) is 11.5. The Morgan fingerprint density at radius 3 is 2.71 bits per heavy atom. The molecule has 1 heterocycles. The SMILES string of the molecule is CCOc1cc(C=Nn2c(=O)[nH]c3ccccc3c2=O)cc(Br)c1OC(C)C. The molecule has 0 saturated heterocycles. The number of rotatable bonds is 6. The molecule has 0 aliphatic heterocycles. The molecule has 0 spiro atoms. The van der Waals surface area contributed by atoms with Gasteiger partial charge in [0.2, 0.25) is 0 Å². The Labute approximate surface area is 169 Å². The summed E-state index contributed by atoms with van der Waals surface area (Å²) in [6.45, 7) is 6.19. The summed E-state index contributed by atoms with van der Waals surface area (Å²) >= 11 is 3.48. The largest absolute Gasteiger partial charge is 0.490 e. The number of benzene rings is 2. The van der Waals surface area contributed by atoms with E-state index in [2.05, 4.69) is 26.0 Å². The first kappa shape index (κ1) is 19.9. The van der Waals surface area contributed by atoms with E-state index in [0.717, 1.165) is 4.68 Å². The highest BCUT2D eigenvalue weighted by molar-refractivity contribution is 9.10. The second-order valence-corrected chi connectivity index (χ2v) is 7.12. The molecule has 8 heteroatoms. The number of aromatic nitrogens is 2. The Kier molecular flexibility index (Phi) is 5.99. The number of halogens is 1. The maximum atomic E-state index is 12.6. The van der Waals surface area contributed by atoms with Gasteiger partial charge in [-0.05, 0) is 66.5 Å². The van der Waals surface area contributed by atoms with E-state index in [1.165, 1.54) is 6.21 Å². The minimum Gasteiger partial charge on any atom is -0.490 e. The van der Waals surface area contributed by atoms with Gasteiger partial charge in [0.05, 0.1) is 34.3 Å². The zero-order valence-electron chi connectivity index (χ0n) is 15.7. The van der Waals surface area contributed by atoms with E-state index in [4.69, 9.17) is 9.47 Å². The zero-order valence-corrected chi connectivity index (χ0v) is 17.3. The molecule has 0 fully saturated rings. The van der Waals surface area contributed by atoms with E-state index in [1.54, 1.807) is 36.4 Å². The molecule has 0 amide bonds. The third-order valence-electron chi connectivity index (χ3n) is 3.79. The summed E-state index contributed by atoms with van der Waals surface area (Å²) < 4.78 is 13.0. The molecule has 1 N–H and O–H groups in total. The van der Waals surface area contributed by atoms with E-state index in [0.29, 0.717) is 39.0 Å². The molecular formula is C20H20BrN3O4. The first-order chi connectivity index (χ1) is 13.4. The van der Waals surface area contributed by atoms with E-state index >= 15 is 0 Å². The van der Waals surface area contributed by atoms with Crippen molar-refractivity contribution in [1.82, 2.24) is 9.66 Å². The van der Waals surface area contributed by atoms with Crippen molar-refractivity contribution in [1.29, 1.82) is 0 Å². The fourth-order valence-electron chi connectivity index (χ4n) is 2.66. The third-order valence-corrected chi connectivity index (χ3v) is 4.38. The zero-order chi connectivity index (χ0) is 20.3. The van der Waals surface area contributed by atoms with Crippen LogP contribution >= 0.6 is 15.9 Å². The highest BCUT2D eigenvalue weighted by atomic mass is 79.9. The van der Waals surface area contributed by atoms with Crippen molar-refractivity contribution in [2.24, 2.45) is 5.10 Å². The molecule has 7 nitrogen and oxygen atoms in total. The fraction of sp³-hybridized carbons (Fsp3) is 0.250. The van der Waals surface area contributed by atoms with Gasteiger partial charge in [0.25, 0.3) is 5.56 Å². The van der Waals surface area contributed by atoms with E-state index in [-0.39, 0.29) is 6.10 Å². The number of para-hydroxylation sites is 1. The standard InChI is InChI=1S/C20H20BrN3O4/c1-4-27-17-10-13(9-15(21)18(17)28-12(2)3)11-22-24-19(25)14-7-5-6-8-16(14)23-20(24)26/h5-12H,4H2,1-3H3,(H,23,26). The van der Waals surface area contributed by atoms with E-state index in [9.17, 15) is 9.59 Å². The summed E-state index contributed by atoms with van der Waals surface area (Å²) in [6.07, 6.45) is 1.41. The van der Waals surface area contributed by atoms with Gasteiger partial charge < -0.3 is 14.5 Å². The molecule has 2 aromatic carbocycles. The molecule has 0 atom stereocenters. The number of ether oxygens (including phenoxy) is 2. The maximum Gasteiger partial charge on any atom is 0.349 e. The van der Waals surface area contributed by atoms with Crippen molar-refractivity contribution in [3.05, 3.63) is 67.3 Å². The molecule has 28 heavy (non-hydrogen) atoms. The van der Waals surface area contributed by atoms with Crippen molar-refractivity contribution in [3.8, 4) is 11.5 Å². The fourth-order valence-corrected chi connectivity index (χ4v) is 3.21. The van der Waals surface area contributed by atoms with E-state index in [1.807, 2.05) is 20.8 Å². The molecule has 0 aliphatic carbocycles. The van der Waals surface area contributed by atoms with Crippen LogP contribution in [-0.4, -0.2) is 28.6 Å². The lowest BCUT2D eigenvalue weighted by molar-refractivity contribution is 0.222. The molecule has 3 rings (SSSR count). The lowest BCUT2D eigenvalue weighted by Crippen LogP contribution is -2.32. The predicted molar refractivity (Wildman–Crippen MR) is 113 cm³/mol. The number of hydrogen-bond donors (Lipinski definition) is 1. The number of nitrogens with one attached hydrogen (secondary N) is 1. The summed E-state index contributed by atoms with van der Waals surface area (Å²) in [7, 11) is 0. The quantitative estimate of drug-likeness (QED) is 0.588. The van der Waals surface area contributed by atoms with Crippen LogP contribution in [0.5, 0.6) is 11.5 Å². The van der Waals surface area contributed by atoms with Gasteiger partial charge in [0.15, 0.2) is 11.5 Å². The predicted octanol–water partition coefficient (Wildman–Crippen LogP) is 3.52. The summed E-state index contributed by atoms with van der Waals surface area (Å²) in [5.74, 6) is 1.14. The number of H-pyrrole nitrogens is 1. The van der Waals surface area contributed by atoms with E-state index < -0.39 is 11.2 Å². The molecule has 0 bridgehead atoms. The van der Waals surface area contributed by atoms with Crippen molar-refractivity contribution in [2.75, 3.05) is 6.61 Å². The molecule has 0 saturated carbocycles. The van der Waals surface area contributed by atoms with Crippen LogP contribution in [0.2, 0.25) is 0 Å². The molecule has 146 valence electrons. The Bertz CT molecular complexity index is 1150. The number of fused-ring (bicyclic) bond motifs is 1. The summed E-state index contributed by atoms with van der Waals surface area (Å²) in [5, 5.41) is 4.46. The average molecular weight is 446 g/mol. The number of hydrogen-bond acceptors (Lipinski definition) is 5.